The summed E-state index contributed by atoms with van der Waals surface area (Å²) in [6, 6.07) is 13.7. The molecule has 3 aromatic rings. The third kappa shape index (κ3) is 4.74. The second kappa shape index (κ2) is 8.21. The summed E-state index contributed by atoms with van der Waals surface area (Å²) in [5.41, 5.74) is 2.82. The third-order valence-corrected chi connectivity index (χ3v) is 3.87. The Bertz CT molecular complexity index is 801. The second-order valence-electron chi connectivity index (χ2n) is 5.77. The molecule has 0 saturated carbocycles. The Labute approximate surface area is 146 Å². The molecule has 3 rings (SSSR count). The van der Waals surface area contributed by atoms with E-state index >= 15 is 0 Å². The molecule has 6 nitrogen and oxygen atoms in total. The number of para-hydroxylation sites is 1. The van der Waals surface area contributed by atoms with Crippen molar-refractivity contribution in [2.75, 3.05) is 11.9 Å². The highest BCUT2D eigenvalue weighted by molar-refractivity contribution is 5.90. The molecule has 0 fully saturated rings. The van der Waals surface area contributed by atoms with Crippen LogP contribution < -0.4 is 10.6 Å². The number of carbonyl (C=O) groups is 1. The molecule has 2 N–H and O–H groups in total. The SMILES string of the molecule is C[C@H](NCCC(=O)Nc1cccnc1)c1cnn(-c2ccccc2)c1. The summed E-state index contributed by atoms with van der Waals surface area (Å²) in [6.45, 7) is 2.65. The lowest BCUT2D eigenvalue weighted by atomic mass is 10.2. The molecule has 1 atom stereocenters. The summed E-state index contributed by atoms with van der Waals surface area (Å²) in [6.07, 6.45) is 7.55. The number of hydrogen-bond donors (Lipinski definition) is 2. The number of nitrogens with zero attached hydrogens (tertiary/aromatic N) is 3. The van der Waals surface area contributed by atoms with E-state index in [1.807, 2.05) is 53.5 Å². The van der Waals surface area contributed by atoms with Crippen molar-refractivity contribution in [3.63, 3.8) is 0 Å². The van der Waals surface area contributed by atoms with Crippen molar-refractivity contribution >= 4 is 11.6 Å². The second-order valence-corrected chi connectivity index (χ2v) is 5.77. The zero-order valence-corrected chi connectivity index (χ0v) is 14.1. The number of amides is 1. The quantitative estimate of drug-likeness (QED) is 0.696. The van der Waals surface area contributed by atoms with Gasteiger partial charge in [-0.1, -0.05) is 18.2 Å². The predicted molar refractivity (Wildman–Crippen MR) is 97.5 cm³/mol. The largest absolute Gasteiger partial charge is 0.325 e. The number of benzene rings is 1. The number of rotatable bonds is 7. The Balaban J connectivity index is 1.47. The molecule has 0 spiro atoms. The molecule has 0 aliphatic carbocycles. The van der Waals surface area contributed by atoms with Gasteiger partial charge in [0.05, 0.1) is 23.8 Å². The van der Waals surface area contributed by atoms with E-state index in [4.69, 9.17) is 0 Å². The Kier molecular flexibility index (Phi) is 5.53. The van der Waals surface area contributed by atoms with Crippen LogP contribution in [-0.2, 0) is 4.79 Å². The van der Waals surface area contributed by atoms with Gasteiger partial charge in [0.25, 0.3) is 0 Å². The fourth-order valence-electron chi connectivity index (χ4n) is 2.46. The molecule has 128 valence electrons. The van der Waals surface area contributed by atoms with Gasteiger partial charge >= 0.3 is 0 Å². The number of nitrogens with one attached hydrogen (secondary N) is 2. The van der Waals surface area contributed by atoms with Gasteiger partial charge < -0.3 is 10.6 Å². The fourth-order valence-corrected chi connectivity index (χ4v) is 2.46. The van der Waals surface area contributed by atoms with Crippen LogP contribution in [0.25, 0.3) is 5.69 Å². The van der Waals surface area contributed by atoms with Crippen LogP contribution in [0, 0.1) is 0 Å². The van der Waals surface area contributed by atoms with Crippen molar-refractivity contribution in [1.82, 2.24) is 20.1 Å². The average Bonchev–Trinajstić information content (AvgIpc) is 3.13. The number of pyridine rings is 1. The summed E-state index contributed by atoms with van der Waals surface area (Å²) < 4.78 is 1.85. The van der Waals surface area contributed by atoms with Crippen molar-refractivity contribution in [3.05, 3.63) is 72.8 Å². The van der Waals surface area contributed by atoms with Gasteiger partial charge in [-0.15, -0.1) is 0 Å². The summed E-state index contributed by atoms with van der Waals surface area (Å²) in [5, 5.41) is 10.6. The minimum atomic E-state index is -0.0346. The maximum absolute atomic E-state index is 11.9. The Hall–Kier alpha value is -2.99. The van der Waals surface area contributed by atoms with Gasteiger partial charge in [-0.05, 0) is 31.2 Å². The summed E-state index contributed by atoms with van der Waals surface area (Å²) in [7, 11) is 0. The summed E-state index contributed by atoms with van der Waals surface area (Å²) >= 11 is 0. The van der Waals surface area contributed by atoms with Gasteiger partial charge in [-0.3, -0.25) is 9.78 Å². The number of hydrogen-bond acceptors (Lipinski definition) is 4. The van der Waals surface area contributed by atoms with Gasteiger partial charge in [-0.2, -0.15) is 5.10 Å². The maximum atomic E-state index is 11.9. The lowest BCUT2D eigenvalue weighted by molar-refractivity contribution is -0.116. The molecule has 0 bridgehead atoms. The molecule has 0 unspecified atom stereocenters. The van der Waals surface area contributed by atoms with Crippen LogP contribution >= 0.6 is 0 Å². The highest BCUT2D eigenvalue weighted by atomic mass is 16.1. The molecular formula is C19H21N5O. The predicted octanol–water partition coefficient (Wildman–Crippen LogP) is 2.95. The minimum Gasteiger partial charge on any atom is -0.325 e. The molecule has 2 heterocycles. The highest BCUT2D eigenvalue weighted by Crippen LogP contribution is 2.14. The smallest absolute Gasteiger partial charge is 0.225 e. The molecule has 0 aliphatic rings. The molecular weight excluding hydrogens is 314 g/mol. The van der Waals surface area contributed by atoms with Crippen LogP contribution in [-0.4, -0.2) is 27.2 Å². The van der Waals surface area contributed by atoms with Crippen molar-refractivity contribution < 1.29 is 4.79 Å². The molecule has 0 aliphatic heterocycles. The monoisotopic (exact) mass is 335 g/mol. The van der Waals surface area contributed by atoms with Crippen LogP contribution in [0.5, 0.6) is 0 Å². The first-order valence-corrected chi connectivity index (χ1v) is 8.25. The van der Waals surface area contributed by atoms with E-state index in [2.05, 4.69) is 27.6 Å². The first-order chi connectivity index (χ1) is 12.2. The van der Waals surface area contributed by atoms with Crippen LogP contribution in [0.1, 0.15) is 24.9 Å². The average molecular weight is 335 g/mol. The summed E-state index contributed by atoms with van der Waals surface area (Å²) in [4.78, 5) is 15.9. The first kappa shape index (κ1) is 16.9. The van der Waals surface area contributed by atoms with Crippen molar-refractivity contribution in [2.24, 2.45) is 0 Å². The minimum absolute atomic E-state index is 0.0346. The van der Waals surface area contributed by atoms with Crippen LogP contribution in [0.15, 0.2) is 67.3 Å². The van der Waals surface area contributed by atoms with Gasteiger partial charge in [0.15, 0.2) is 0 Å². The van der Waals surface area contributed by atoms with Crippen molar-refractivity contribution in [1.29, 1.82) is 0 Å². The van der Waals surface area contributed by atoms with Gasteiger partial charge in [-0.25, -0.2) is 4.68 Å². The Morgan fingerprint density at radius 3 is 2.76 bits per heavy atom. The van der Waals surface area contributed by atoms with Crippen molar-refractivity contribution in [2.45, 2.75) is 19.4 Å². The van der Waals surface area contributed by atoms with Crippen LogP contribution in [0.4, 0.5) is 5.69 Å². The molecule has 0 radical (unpaired) electrons. The first-order valence-electron chi connectivity index (χ1n) is 8.25. The number of anilines is 1. The number of aromatic nitrogens is 3. The normalized spacial score (nSPS) is 11.9. The highest BCUT2D eigenvalue weighted by Gasteiger charge is 2.09. The molecule has 25 heavy (non-hydrogen) atoms. The van der Waals surface area contributed by atoms with E-state index in [1.165, 1.54) is 0 Å². The van der Waals surface area contributed by atoms with E-state index in [1.54, 1.807) is 18.5 Å². The zero-order chi connectivity index (χ0) is 17.5. The van der Waals surface area contributed by atoms with Gasteiger partial charge in [0.1, 0.15) is 0 Å². The maximum Gasteiger partial charge on any atom is 0.225 e. The zero-order valence-electron chi connectivity index (χ0n) is 14.1. The van der Waals surface area contributed by atoms with E-state index in [0.717, 1.165) is 11.3 Å². The third-order valence-electron chi connectivity index (χ3n) is 3.87. The molecule has 1 amide bonds. The molecule has 1 aromatic carbocycles. The lowest BCUT2D eigenvalue weighted by Crippen LogP contribution is -2.24. The standard InChI is InChI=1S/C19H21N5O/c1-15(16-12-22-24(14-16)18-7-3-2-4-8-18)21-11-9-19(25)23-17-6-5-10-20-13-17/h2-8,10,12-15,21H,9,11H2,1H3,(H,23,25)/t15-/m0/s1. The lowest BCUT2D eigenvalue weighted by Gasteiger charge is -2.12. The van der Waals surface area contributed by atoms with Gasteiger partial charge in [0.2, 0.25) is 5.91 Å². The molecule has 0 saturated heterocycles. The van der Waals surface area contributed by atoms with E-state index in [9.17, 15) is 4.79 Å². The van der Waals surface area contributed by atoms with E-state index < -0.39 is 0 Å². The molecule has 2 aromatic heterocycles. The topological polar surface area (TPSA) is 71.8 Å². The Morgan fingerprint density at radius 2 is 2.00 bits per heavy atom. The van der Waals surface area contributed by atoms with Crippen LogP contribution in [0.3, 0.4) is 0 Å². The summed E-state index contributed by atoms with van der Waals surface area (Å²) in [5.74, 6) is -0.0346. The molecule has 6 heteroatoms. The van der Waals surface area contributed by atoms with Crippen molar-refractivity contribution in [3.8, 4) is 5.69 Å². The fraction of sp³-hybridized carbons (Fsp3) is 0.211. The van der Waals surface area contributed by atoms with Crippen LogP contribution in [0.2, 0.25) is 0 Å². The van der Waals surface area contributed by atoms with Gasteiger partial charge in [0, 0.05) is 37.0 Å². The number of carbonyl (C=O) groups excluding carboxylic acids is 1. The van der Waals surface area contributed by atoms with E-state index in [0.29, 0.717) is 18.7 Å². The van der Waals surface area contributed by atoms with E-state index in [-0.39, 0.29) is 11.9 Å². The Morgan fingerprint density at radius 1 is 1.16 bits per heavy atom.